The number of hydrogen-bond acceptors (Lipinski definition) is 3. The molecule has 0 atom stereocenters. The average Bonchev–Trinajstić information content (AvgIpc) is 2.48. The van der Waals surface area contributed by atoms with Crippen molar-refractivity contribution < 1.29 is 14.3 Å². The van der Waals surface area contributed by atoms with Crippen molar-refractivity contribution in [3.05, 3.63) is 63.9 Å². The molecular formula is C14H12BrFN2O2. The fourth-order valence-electron chi connectivity index (χ4n) is 1.61. The van der Waals surface area contributed by atoms with Crippen molar-refractivity contribution in [1.29, 1.82) is 0 Å². The molecule has 0 aromatic heterocycles. The summed E-state index contributed by atoms with van der Waals surface area (Å²) in [6.45, 7) is 0.296. The lowest BCUT2D eigenvalue weighted by Gasteiger charge is -2.08. The predicted octanol–water partition coefficient (Wildman–Crippen LogP) is 3.26. The first-order chi connectivity index (χ1) is 9.60. The van der Waals surface area contributed by atoms with Crippen LogP contribution in [0.25, 0.3) is 0 Å². The van der Waals surface area contributed by atoms with E-state index in [2.05, 4.69) is 21.1 Å². The van der Waals surface area contributed by atoms with Gasteiger partial charge in [-0.05, 0) is 45.8 Å². The summed E-state index contributed by atoms with van der Waals surface area (Å²) in [5.41, 5.74) is 6.98. The molecule has 0 aliphatic heterocycles. The maximum Gasteiger partial charge on any atom is 0.170 e. The minimum Gasteiger partial charge on any atom is -0.489 e. The van der Waals surface area contributed by atoms with Crippen LogP contribution in [0.4, 0.5) is 4.39 Å². The zero-order chi connectivity index (χ0) is 14.5. The number of hydrogen-bond donors (Lipinski definition) is 2. The normalized spacial score (nSPS) is 11.4. The molecule has 0 unspecified atom stereocenters. The van der Waals surface area contributed by atoms with Crippen molar-refractivity contribution in [1.82, 2.24) is 0 Å². The number of rotatable bonds is 4. The fraction of sp³-hybridized carbons (Fsp3) is 0.0714. The summed E-state index contributed by atoms with van der Waals surface area (Å²) in [7, 11) is 0. The molecule has 0 radical (unpaired) electrons. The second kappa shape index (κ2) is 6.38. The number of amidine groups is 1. The third kappa shape index (κ3) is 3.48. The Morgan fingerprint density at radius 3 is 2.80 bits per heavy atom. The summed E-state index contributed by atoms with van der Waals surface area (Å²) >= 11 is 3.10. The maximum absolute atomic E-state index is 13.1. The molecule has 104 valence electrons. The molecular weight excluding hydrogens is 327 g/mol. The Bertz CT molecular complexity index is 647. The van der Waals surface area contributed by atoms with E-state index in [1.54, 1.807) is 30.3 Å². The van der Waals surface area contributed by atoms with Crippen molar-refractivity contribution in [3.63, 3.8) is 0 Å². The van der Waals surface area contributed by atoms with E-state index in [0.717, 1.165) is 5.56 Å². The Balaban J connectivity index is 2.09. The molecule has 0 fully saturated rings. The average molecular weight is 339 g/mol. The number of ether oxygens (including phenoxy) is 1. The highest BCUT2D eigenvalue weighted by Gasteiger charge is 2.04. The molecule has 0 aliphatic carbocycles. The number of benzene rings is 2. The quantitative estimate of drug-likeness (QED) is 0.389. The van der Waals surface area contributed by atoms with Crippen molar-refractivity contribution in [2.24, 2.45) is 10.9 Å². The lowest BCUT2D eigenvalue weighted by molar-refractivity contribution is 0.305. The van der Waals surface area contributed by atoms with Gasteiger partial charge in [-0.25, -0.2) is 4.39 Å². The van der Waals surface area contributed by atoms with Crippen LogP contribution in [-0.2, 0) is 6.61 Å². The van der Waals surface area contributed by atoms with E-state index in [9.17, 15) is 4.39 Å². The number of nitrogens with zero attached hydrogens (tertiary/aromatic N) is 1. The third-order valence-electron chi connectivity index (χ3n) is 2.63. The molecule has 2 aromatic rings. The second-order valence-corrected chi connectivity index (χ2v) is 4.90. The van der Waals surface area contributed by atoms with E-state index in [4.69, 9.17) is 15.7 Å². The molecule has 0 amide bonds. The lowest BCUT2D eigenvalue weighted by Crippen LogP contribution is -2.13. The van der Waals surface area contributed by atoms with Gasteiger partial charge in [0.1, 0.15) is 18.2 Å². The topological polar surface area (TPSA) is 67.8 Å². The van der Waals surface area contributed by atoms with Crippen LogP contribution in [0.3, 0.4) is 0 Å². The van der Waals surface area contributed by atoms with E-state index in [1.807, 2.05) is 6.07 Å². The van der Waals surface area contributed by atoms with E-state index in [0.29, 0.717) is 22.4 Å². The predicted molar refractivity (Wildman–Crippen MR) is 77.4 cm³/mol. The first-order valence-corrected chi connectivity index (χ1v) is 6.54. The van der Waals surface area contributed by atoms with Gasteiger partial charge in [-0.3, -0.25) is 0 Å². The highest BCUT2D eigenvalue weighted by molar-refractivity contribution is 9.10. The largest absolute Gasteiger partial charge is 0.489 e. The van der Waals surface area contributed by atoms with E-state index in [1.165, 1.54) is 6.07 Å². The van der Waals surface area contributed by atoms with Crippen LogP contribution in [0, 0.1) is 5.82 Å². The Kier molecular flexibility index (Phi) is 4.57. The third-order valence-corrected chi connectivity index (χ3v) is 3.23. The van der Waals surface area contributed by atoms with Crippen LogP contribution in [0.2, 0.25) is 0 Å². The molecule has 2 aromatic carbocycles. The minimum atomic E-state index is -0.341. The van der Waals surface area contributed by atoms with Gasteiger partial charge in [-0.15, -0.1) is 0 Å². The highest BCUT2D eigenvalue weighted by atomic mass is 79.9. The summed E-state index contributed by atoms with van der Waals surface area (Å²) < 4.78 is 19.0. The van der Waals surface area contributed by atoms with Gasteiger partial charge in [0, 0.05) is 5.56 Å². The van der Waals surface area contributed by atoms with Gasteiger partial charge in [0.15, 0.2) is 5.84 Å². The van der Waals surface area contributed by atoms with Gasteiger partial charge >= 0.3 is 0 Å². The van der Waals surface area contributed by atoms with Crippen LogP contribution in [0.5, 0.6) is 5.75 Å². The van der Waals surface area contributed by atoms with Gasteiger partial charge in [-0.2, -0.15) is 0 Å². The van der Waals surface area contributed by atoms with Crippen LogP contribution < -0.4 is 10.5 Å². The van der Waals surface area contributed by atoms with Crippen LogP contribution in [0.15, 0.2) is 52.1 Å². The Morgan fingerprint density at radius 2 is 2.10 bits per heavy atom. The second-order valence-electron chi connectivity index (χ2n) is 4.05. The Hall–Kier alpha value is -2.08. The molecule has 3 N–H and O–H groups in total. The van der Waals surface area contributed by atoms with Crippen molar-refractivity contribution >= 4 is 21.8 Å². The van der Waals surface area contributed by atoms with Crippen molar-refractivity contribution in [2.45, 2.75) is 6.61 Å². The van der Waals surface area contributed by atoms with E-state index >= 15 is 0 Å². The van der Waals surface area contributed by atoms with Crippen LogP contribution >= 0.6 is 15.9 Å². The molecule has 4 nitrogen and oxygen atoms in total. The highest BCUT2D eigenvalue weighted by Crippen LogP contribution is 2.22. The standard InChI is InChI=1S/C14H12BrFN2O2/c15-12-7-11(4-5-13(12)16)20-8-9-2-1-3-10(6-9)14(17)18-19/h1-7,19H,8H2,(H2,17,18). The van der Waals surface area contributed by atoms with Crippen LogP contribution in [0.1, 0.15) is 11.1 Å². The fourth-order valence-corrected chi connectivity index (χ4v) is 1.97. The SMILES string of the molecule is N/C(=N/O)c1cccc(COc2ccc(F)c(Br)c2)c1. The van der Waals surface area contributed by atoms with Gasteiger partial charge in [0.25, 0.3) is 0 Å². The minimum absolute atomic E-state index is 0.0383. The monoisotopic (exact) mass is 338 g/mol. The summed E-state index contributed by atoms with van der Waals surface area (Å²) in [4.78, 5) is 0. The zero-order valence-electron chi connectivity index (χ0n) is 10.4. The number of oxime groups is 1. The first-order valence-electron chi connectivity index (χ1n) is 5.75. The molecule has 0 saturated carbocycles. The van der Waals surface area contributed by atoms with Gasteiger partial charge in [0.05, 0.1) is 4.47 Å². The Morgan fingerprint density at radius 1 is 1.30 bits per heavy atom. The summed E-state index contributed by atoms with van der Waals surface area (Å²) in [5, 5.41) is 11.6. The molecule has 0 heterocycles. The molecule has 0 bridgehead atoms. The molecule has 6 heteroatoms. The molecule has 2 rings (SSSR count). The Labute approximate surface area is 123 Å². The lowest BCUT2D eigenvalue weighted by atomic mass is 10.1. The van der Waals surface area contributed by atoms with Gasteiger partial charge in [0.2, 0.25) is 0 Å². The van der Waals surface area contributed by atoms with Crippen molar-refractivity contribution in [3.8, 4) is 5.75 Å². The zero-order valence-corrected chi connectivity index (χ0v) is 12.0. The summed E-state index contributed by atoms with van der Waals surface area (Å²) in [5.74, 6) is 0.245. The summed E-state index contributed by atoms with van der Waals surface area (Å²) in [6, 6.07) is 11.6. The smallest absolute Gasteiger partial charge is 0.170 e. The molecule has 20 heavy (non-hydrogen) atoms. The number of nitrogens with two attached hydrogens (primary N) is 1. The molecule has 0 aliphatic rings. The first kappa shape index (κ1) is 14.3. The maximum atomic E-state index is 13.1. The molecule has 0 saturated heterocycles. The van der Waals surface area contributed by atoms with E-state index < -0.39 is 0 Å². The van der Waals surface area contributed by atoms with E-state index in [-0.39, 0.29) is 11.7 Å². The van der Waals surface area contributed by atoms with Gasteiger partial charge < -0.3 is 15.7 Å². The molecule has 0 spiro atoms. The van der Waals surface area contributed by atoms with Crippen LogP contribution in [-0.4, -0.2) is 11.0 Å². The van der Waals surface area contributed by atoms with Crippen molar-refractivity contribution in [2.75, 3.05) is 0 Å². The summed E-state index contributed by atoms with van der Waals surface area (Å²) in [6.07, 6.45) is 0. The number of halogens is 2. The van der Waals surface area contributed by atoms with Gasteiger partial charge in [-0.1, -0.05) is 23.4 Å².